The first-order valence-electron chi connectivity index (χ1n) is 5.89. The summed E-state index contributed by atoms with van der Waals surface area (Å²) in [4.78, 5) is 0.590. The largest absolute Gasteiger partial charge is 0.283 e. The van der Waals surface area contributed by atoms with Gasteiger partial charge >= 0.3 is 0 Å². The molecule has 3 nitrogen and oxygen atoms in total. The van der Waals surface area contributed by atoms with Crippen molar-refractivity contribution in [2.45, 2.75) is 11.8 Å². The number of aryl methyl sites for hydroxylation is 1. The molecule has 0 aliphatic heterocycles. The Hall–Kier alpha value is -1.31. The zero-order valence-corrected chi connectivity index (χ0v) is 13.6. The Morgan fingerprint density at radius 1 is 1.14 bits per heavy atom. The minimum absolute atomic E-state index is 0.0226. The van der Waals surface area contributed by atoms with Crippen molar-refractivity contribution in [1.29, 1.82) is 0 Å². The summed E-state index contributed by atoms with van der Waals surface area (Å²) in [5.74, 6) is -2.23. The highest BCUT2D eigenvalue weighted by molar-refractivity contribution is 9.10. The van der Waals surface area contributed by atoms with Gasteiger partial charge in [0.1, 0.15) is 5.69 Å². The van der Waals surface area contributed by atoms with E-state index in [4.69, 9.17) is 0 Å². The lowest BCUT2D eigenvalue weighted by atomic mass is 10.2. The molecule has 1 unspecified atom stereocenters. The van der Waals surface area contributed by atoms with Crippen molar-refractivity contribution in [1.82, 2.24) is 0 Å². The zero-order chi connectivity index (χ0) is 15.7. The third-order valence-corrected chi connectivity index (χ3v) is 4.50. The number of anilines is 2. The van der Waals surface area contributed by atoms with Crippen LogP contribution in [0.3, 0.4) is 0 Å². The number of rotatable bonds is 3. The summed E-state index contributed by atoms with van der Waals surface area (Å²) < 4.78 is 38.8. The van der Waals surface area contributed by atoms with Crippen molar-refractivity contribution >= 4 is 38.1 Å². The maximum absolute atomic E-state index is 13.9. The standard InChI is InChI=1S/C14H12BrF2NO2S/c1-8-7-9(21(2)20)3-5-11(8)18(19)12-6-4-10(15)13(16)14(12)17/h3-7,19H,1-2H3. The summed E-state index contributed by atoms with van der Waals surface area (Å²) in [6.45, 7) is 1.68. The second-order valence-corrected chi connectivity index (χ2v) is 6.64. The molecule has 2 aromatic rings. The van der Waals surface area contributed by atoms with Crippen molar-refractivity contribution in [3.8, 4) is 0 Å². The second-order valence-electron chi connectivity index (χ2n) is 4.41. The summed E-state index contributed by atoms with van der Waals surface area (Å²) in [6.07, 6.45) is 1.54. The van der Waals surface area contributed by atoms with Gasteiger partial charge in [0.2, 0.25) is 0 Å². The van der Waals surface area contributed by atoms with Gasteiger partial charge in [0.25, 0.3) is 0 Å². The minimum Gasteiger partial charge on any atom is -0.283 e. The fourth-order valence-corrected chi connectivity index (χ4v) is 2.76. The zero-order valence-electron chi connectivity index (χ0n) is 11.2. The van der Waals surface area contributed by atoms with Gasteiger partial charge in [-0.15, -0.1) is 0 Å². The van der Waals surface area contributed by atoms with E-state index in [9.17, 15) is 18.2 Å². The molecule has 0 amide bonds. The van der Waals surface area contributed by atoms with Gasteiger partial charge in [-0.05, 0) is 58.7 Å². The highest BCUT2D eigenvalue weighted by Gasteiger charge is 2.19. The smallest absolute Gasteiger partial charge is 0.186 e. The van der Waals surface area contributed by atoms with E-state index in [0.717, 1.165) is 0 Å². The van der Waals surface area contributed by atoms with Crippen LogP contribution in [-0.4, -0.2) is 15.7 Å². The summed E-state index contributed by atoms with van der Waals surface area (Å²) in [6, 6.07) is 7.26. The molecule has 0 spiro atoms. The summed E-state index contributed by atoms with van der Waals surface area (Å²) in [5, 5.41) is 10.7. The van der Waals surface area contributed by atoms with Crippen LogP contribution in [0.4, 0.5) is 20.2 Å². The Morgan fingerprint density at radius 2 is 1.76 bits per heavy atom. The second kappa shape index (κ2) is 6.21. The Balaban J connectivity index is 2.48. The van der Waals surface area contributed by atoms with E-state index in [0.29, 0.717) is 15.5 Å². The number of halogens is 3. The van der Waals surface area contributed by atoms with Gasteiger partial charge in [-0.1, -0.05) is 0 Å². The fourth-order valence-electron chi connectivity index (χ4n) is 1.85. The Bertz CT molecular complexity index is 724. The molecular formula is C14H12BrF2NO2S. The first kappa shape index (κ1) is 16.1. The molecule has 0 aliphatic rings. The molecule has 0 aromatic heterocycles. The highest BCUT2D eigenvalue weighted by Crippen LogP contribution is 2.32. The van der Waals surface area contributed by atoms with Gasteiger partial charge in [-0.25, -0.2) is 13.8 Å². The first-order valence-corrected chi connectivity index (χ1v) is 8.24. The van der Waals surface area contributed by atoms with Crippen molar-refractivity contribution in [3.05, 3.63) is 52.0 Å². The van der Waals surface area contributed by atoms with Gasteiger partial charge in [-0.2, -0.15) is 0 Å². The molecule has 2 aromatic carbocycles. The number of hydrogen-bond donors (Lipinski definition) is 1. The average molecular weight is 376 g/mol. The molecule has 0 radical (unpaired) electrons. The van der Waals surface area contributed by atoms with Crippen LogP contribution >= 0.6 is 15.9 Å². The average Bonchev–Trinajstić information content (AvgIpc) is 2.44. The monoisotopic (exact) mass is 375 g/mol. The molecule has 0 saturated carbocycles. The van der Waals surface area contributed by atoms with E-state index in [-0.39, 0.29) is 15.8 Å². The van der Waals surface area contributed by atoms with Gasteiger partial charge in [0.05, 0.1) is 10.2 Å². The molecule has 2 rings (SSSR count). The molecule has 0 aliphatic carbocycles. The summed E-state index contributed by atoms with van der Waals surface area (Å²) in [7, 11) is -1.16. The maximum Gasteiger partial charge on any atom is 0.186 e. The molecule has 1 N–H and O–H groups in total. The van der Waals surface area contributed by atoms with Gasteiger partial charge in [0, 0.05) is 22.0 Å². The van der Waals surface area contributed by atoms with Crippen molar-refractivity contribution in [2.75, 3.05) is 11.3 Å². The molecular weight excluding hydrogens is 364 g/mol. The predicted molar refractivity (Wildman–Crippen MR) is 81.5 cm³/mol. The van der Waals surface area contributed by atoms with Crippen molar-refractivity contribution in [3.63, 3.8) is 0 Å². The van der Waals surface area contributed by atoms with Crippen LogP contribution in [0.1, 0.15) is 5.56 Å². The van der Waals surface area contributed by atoms with Crippen LogP contribution in [0.25, 0.3) is 0 Å². The molecule has 112 valence electrons. The van der Waals surface area contributed by atoms with Crippen LogP contribution < -0.4 is 5.06 Å². The Labute approximate surface area is 131 Å². The number of nitrogens with zero attached hydrogens (tertiary/aromatic N) is 1. The van der Waals surface area contributed by atoms with Crippen LogP contribution in [-0.2, 0) is 10.8 Å². The number of hydrogen-bond acceptors (Lipinski definition) is 3. The molecule has 0 fully saturated rings. The van der Waals surface area contributed by atoms with Gasteiger partial charge in [-0.3, -0.25) is 9.42 Å². The molecule has 1 atom stereocenters. The van der Waals surface area contributed by atoms with Crippen molar-refractivity contribution in [2.24, 2.45) is 0 Å². The normalized spacial score (nSPS) is 12.3. The first-order chi connectivity index (χ1) is 9.82. The number of benzene rings is 2. The van der Waals surface area contributed by atoms with E-state index >= 15 is 0 Å². The molecule has 7 heteroatoms. The minimum atomic E-state index is -1.16. The van der Waals surface area contributed by atoms with E-state index in [1.807, 2.05) is 0 Å². The van der Waals surface area contributed by atoms with Crippen LogP contribution in [0.2, 0.25) is 0 Å². The molecule has 0 heterocycles. The Morgan fingerprint density at radius 3 is 2.33 bits per heavy atom. The topological polar surface area (TPSA) is 40.5 Å². The van der Waals surface area contributed by atoms with E-state index in [2.05, 4.69) is 15.9 Å². The van der Waals surface area contributed by atoms with Gasteiger partial charge in [0.15, 0.2) is 11.6 Å². The van der Waals surface area contributed by atoms with E-state index in [1.165, 1.54) is 24.5 Å². The molecule has 21 heavy (non-hydrogen) atoms. The lowest BCUT2D eigenvalue weighted by Gasteiger charge is -2.20. The lowest BCUT2D eigenvalue weighted by molar-refractivity contribution is 0.294. The predicted octanol–water partition coefficient (Wildman–Crippen LogP) is 4.30. The third kappa shape index (κ3) is 3.14. The van der Waals surface area contributed by atoms with Crippen LogP contribution in [0.15, 0.2) is 39.7 Å². The van der Waals surface area contributed by atoms with Gasteiger partial charge < -0.3 is 0 Å². The lowest BCUT2D eigenvalue weighted by Crippen LogP contribution is -2.14. The summed E-state index contributed by atoms with van der Waals surface area (Å²) >= 11 is 2.88. The Kier molecular flexibility index (Phi) is 4.75. The highest BCUT2D eigenvalue weighted by atomic mass is 79.9. The van der Waals surface area contributed by atoms with E-state index in [1.54, 1.807) is 19.1 Å². The fraction of sp³-hybridized carbons (Fsp3) is 0.143. The van der Waals surface area contributed by atoms with Crippen molar-refractivity contribution < 1.29 is 18.2 Å². The molecule has 0 bridgehead atoms. The van der Waals surface area contributed by atoms with Crippen LogP contribution in [0.5, 0.6) is 0 Å². The quantitative estimate of drug-likeness (QED) is 0.642. The summed E-state index contributed by atoms with van der Waals surface area (Å²) in [5.41, 5.74) is 0.571. The van der Waals surface area contributed by atoms with Crippen LogP contribution in [0, 0.1) is 18.6 Å². The maximum atomic E-state index is 13.9. The molecule has 0 saturated heterocycles. The third-order valence-electron chi connectivity index (χ3n) is 2.97. The SMILES string of the molecule is Cc1cc(S(C)=O)ccc1N(O)c1ccc(Br)c(F)c1F. The van der Waals surface area contributed by atoms with E-state index < -0.39 is 22.4 Å².